The molecule has 0 aliphatic rings. The van der Waals surface area contributed by atoms with Gasteiger partial charge in [0.2, 0.25) is 0 Å². The average Bonchev–Trinajstić information content (AvgIpc) is 2.19. The van der Waals surface area contributed by atoms with Gasteiger partial charge in [-0.3, -0.25) is 0 Å². The fourth-order valence-electron chi connectivity index (χ4n) is 1.04. The van der Waals surface area contributed by atoms with Crippen LogP contribution in [0.2, 0.25) is 0 Å². The summed E-state index contributed by atoms with van der Waals surface area (Å²) in [6.07, 6.45) is 0.833. The van der Waals surface area contributed by atoms with Gasteiger partial charge in [-0.1, -0.05) is 18.2 Å². The van der Waals surface area contributed by atoms with E-state index in [2.05, 4.69) is 0 Å². The maximum atomic E-state index is 8.97. The summed E-state index contributed by atoms with van der Waals surface area (Å²) >= 11 is 0. The second-order valence-corrected chi connectivity index (χ2v) is 2.76. The SMILES string of the molecule is NCCCOc1ccccc1CO. The van der Waals surface area contributed by atoms with Gasteiger partial charge in [-0.25, -0.2) is 0 Å². The van der Waals surface area contributed by atoms with Crippen molar-refractivity contribution >= 4 is 0 Å². The van der Waals surface area contributed by atoms with Crippen LogP contribution in [-0.4, -0.2) is 18.3 Å². The molecule has 0 unspecified atom stereocenters. The van der Waals surface area contributed by atoms with E-state index in [4.69, 9.17) is 15.6 Å². The van der Waals surface area contributed by atoms with Crippen LogP contribution in [0.1, 0.15) is 12.0 Å². The van der Waals surface area contributed by atoms with Crippen molar-refractivity contribution in [3.63, 3.8) is 0 Å². The van der Waals surface area contributed by atoms with Crippen LogP contribution in [0.3, 0.4) is 0 Å². The molecule has 3 N–H and O–H groups in total. The number of aliphatic hydroxyl groups excluding tert-OH is 1. The molecule has 0 heterocycles. The first kappa shape index (κ1) is 10.0. The third-order valence-electron chi connectivity index (χ3n) is 1.75. The molecule has 72 valence electrons. The highest BCUT2D eigenvalue weighted by Crippen LogP contribution is 2.17. The first-order chi connectivity index (χ1) is 6.38. The van der Waals surface area contributed by atoms with Crippen molar-refractivity contribution in [2.75, 3.05) is 13.2 Å². The van der Waals surface area contributed by atoms with Crippen molar-refractivity contribution in [2.24, 2.45) is 5.73 Å². The molecular weight excluding hydrogens is 166 g/mol. The quantitative estimate of drug-likeness (QED) is 0.664. The van der Waals surface area contributed by atoms with Crippen molar-refractivity contribution in [3.8, 4) is 5.75 Å². The van der Waals surface area contributed by atoms with Gasteiger partial charge in [0.1, 0.15) is 5.75 Å². The Morgan fingerprint density at radius 2 is 2.08 bits per heavy atom. The Kier molecular flexibility index (Phi) is 4.29. The molecular formula is C10H15NO2. The van der Waals surface area contributed by atoms with E-state index in [1.54, 1.807) is 0 Å². The van der Waals surface area contributed by atoms with E-state index in [-0.39, 0.29) is 6.61 Å². The predicted octanol–water partition coefficient (Wildman–Crippen LogP) is 0.907. The van der Waals surface area contributed by atoms with Crippen LogP contribution >= 0.6 is 0 Å². The molecule has 0 bridgehead atoms. The van der Waals surface area contributed by atoms with Gasteiger partial charge in [0, 0.05) is 5.56 Å². The molecule has 0 saturated heterocycles. The minimum atomic E-state index is 0.0127. The summed E-state index contributed by atoms with van der Waals surface area (Å²) in [6, 6.07) is 7.46. The largest absolute Gasteiger partial charge is 0.493 e. The van der Waals surface area contributed by atoms with Gasteiger partial charge in [-0.2, -0.15) is 0 Å². The summed E-state index contributed by atoms with van der Waals surface area (Å²) in [5.41, 5.74) is 6.15. The van der Waals surface area contributed by atoms with Crippen molar-refractivity contribution in [1.82, 2.24) is 0 Å². The van der Waals surface area contributed by atoms with Gasteiger partial charge in [0.25, 0.3) is 0 Å². The third-order valence-corrected chi connectivity index (χ3v) is 1.75. The van der Waals surface area contributed by atoms with Gasteiger partial charge in [-0.15, -0.1) is 0 Å². The lowest BCUT2D eigenvalue weighted by molar-refractivity contribution is 0.262. The summed E-state index contributed by atoms with van der Waals surface area (Å²) in [5, 5.41) is 8.97. The molecule has 0 radical (unpaired) electrons. The van der Waals surface area contributed by atoms with E-state index in [0.29, 0.717) is 13.2 Å². The highest BCUT2D eigenvalue weighted by Gasteiger charge is 1.99. The molecule has 0 aliphatic heterocycles. The van der Waals surface area contributed by atoms with Crippen molar-refractivity contribution in [1.29, 1.82) is 0 Å². The lowest BCUT2D eigenvalue weighted by atomic mass is 10.2. The Hall–Kier alpha value is -1.06. The standard InChI is InChI=1S/C10H15NO2/c11-6-3-7-13-10-5-2-1-4-9(10)8-12/h1-2,4-5,12H,3,6-8,11H2. The van der Waals surface area contributed by atoms with E-state index >= 15 is 0 Å². The number of para-hydroxylation sites is 1. The van der Waals surface area contributed by atoms with Crippen LogP contribution in [0.25, 0.3) is 0 Å². The first-order valence-corrected chi connectivity index (χ1v) is 4.40. The Balaban J connectivity index is 2.54. The minimum Gasteiger partial charge on any atom is -0.493 e. The van der Waals surface area contributed by atoms with Gasteiger partial charge in [0.05, 0.1) is 13.2 Å². The van der Waals surface area contributed by atoms with Crippen LogP contribution in [-0.2, 0) is 6.61 Å². The van der Waals surface area contributed by atoms with Crippen molar-refractivity contribution in [2.45, 2.75) is 13.0 Å². The second kappa shape index (κ2) is 5.56. The fraction of sp³-hybridized carbons (Fsp3) is 0.400. The summed E-state index contributed by atoms with van der Waals surface area (Å²) in [5.74, 6) is 0.749. The normalized spacial score (nSPS) is 10.0. The number of hydrogen-bond acceptors (Lipinski definition) is 3. The molecule has 1 aromatic rings. The average molecular weight is 181 g/mol. The summed E-state index contributed by atoms with van der Waals surface area (Å²) in [6.45, 7) is 1.24. The monoisotopic (exact) mass is 181 g/mol. The Morgan fingerprint density at radius 1 is 1.31 bits per heavy atom. The third kappa shape index (κ3) is 3.05. The van der Waals surface area contributed by atoms with Crippen LogP contribution < -0.4 is 10.5 Å². The number of rotatable bonds is 5. The van der Waals surface area contributed by atoms with Crippen LogP contribution in [0.5, 0.6) is 5.75 Å². The Morgan fingerprint density at radius 3 is 2.77 bits per heavy atom. The fourth-order valence-corrected chi connectivity index (χ4v) is 1.04. The van der Waals surface area contributed by atoms with E-state index in [1.165, 1.54) is 0 Å². The molecule has 3 heteroatoms. The zero-order valence-electron chi connectivity index (χ0n) is 7.57. The maximum absolute atomic E-state index is 8.97. The smallest absolute Gasteiger partial charge is 0.124 e. The summed E-state index contributed by atoms with van der Waals surface area (Å²) < 4.78 is 5.43. The number of nitrogens with two attached hydrogens (primary N) is 1. The van der Waals surface area contributed by atoms with E-state index in [0.717, 1.165) is 17.7 Å². The first-order valence-electron chi connectivity index (χ1n) is 4.40. The van der Waals surface area contributed by atoms with Gasteiger partial charge < -0.3 is 15.6 Å². The Labute approximate surface area is 78.1 Å². The molecule has 0 amide bonds. The second-order valence-electron chi connectivity index (χ2n) is 2.76. The Bertz CT molecular complexity index is 250. The number of aliphatic hydroxyl groups is 1. The van der Waals surface area contributed by atoms with E-state index < -0.39 is 0 Å². The number of ether oxygens (including phenoxy) is 1. The molecule has 1 aromatic carbocycles. The predicted molar refractivity (Wildman–Crippen MR) is 51.5 cm³/mol. The lowest BCUT2D eigenvalue weighted by Crippen LogP contribution is -2.07. The van der Waals surface area contributed by atoms with E-state index in [9.17, 15) is 0 Å². The number of hydrogen-bond donors (Lipinski definition) is 2. The summed E-state index contributed by atoms with van der Waals surface area (Å²) in [7, 11) is 0. The molecule has 0 saturated carbocycles. The molecule has 3 nitrogen and oxygen atoms in total. The molecule has 0 atom stereocenters. The van der Waals surface area contributed by atoms with Crippen LogP contribution in [0, 0.1) is 0 Å². The highest BCUT2D eigenvalue weighted by atomic mass is 16.5. The number of benzene rings is 1. The molecule has 0 fully saturated rings. The van der Waals surface area contributed by atoms with E-state index in [1.807, 2.05) is 24.3 Å². The molecule has 13 heavy (non-hydrogen) atoms. The molecule has 0 aromatic heterocycles. The van der Waals surface area contributed by atoms with Gasteiger partial charge in [-0.05, 0) is 19.0 Å². The molecule has 0 spiro atoms. The van der Waals surface area contributed by atoms with Crippen LogP contribution in [0.4, 0.5) is 0 Å². The zero-order valence-corrected chi connectivity index (χ0v) is 7.57. The minimum absolute atomic E-state index is 0.0127. The zero-order chi connectivity index (χ0) is 9.52. The maximum Gasteiger partial charge on any atom is 0.124 e. The van der Waals surface area contributed by atoms with Gasteiger partial charge >= 0.3 is 0 Å². The lowest BCUT2D eigenvalue weighted by Gasteiger charge is -2.08. The van der Waals surface area contributed by atoms with Crippen molar-refractivity contribution in [3.05, 3.63) is 29.8 Å². The highest BCUT2D eigenvalue weighted by molar-refractivity contribution is 5.32. The van der Waals surface area contributed by atoms with Gasteiger partial charge in [0.15, 0.2) is 0 Å². The topological polar surface area (TPSA) is 55.5 Å². The van der Waals surface area contributed by atoms with Crippen molar-refractivity contribution < 1.29 is 9.84 Å². The summed E-state index contributed by atoms with van der Waals surface area (Å²) in [4.78, 5) is 0. The molecule has 1 rings (SSSR count). The van der Waals surface area contributed by atoms with Crippen LogP contribution in [0.15, 0.2) is 24.3 Å². The molecule has 0 aliphatic carbocycles.